The molecule has 0 radical (unpaired) electrons. The van der Waals surface area contributed by atoms with Gasteiger partial charge in [0.05, 0.1) is 11.6 Å². The molecule has 2 unspecified atom stereocenters. The second-order valence-electron chi connectivity index (χ2n) is 6.45. The van der Waals surface area contributed by atoms with Gasteiger partial charge in [0, 0.05) is 12.6 Å². The van der Waals surface area contributed by atoms with Crippen molar-refractivity contribution in [3.05, 3.63) is 35.4 Å². The summed E-state index contributed by atoms with van der Waals surface area (Å²) >= 11 is 0. The molecular weight excluding hydrogens is 262 g/mol. The van der Waals surface area contributed by atoms with E-state index in [1.165, 1.54) is 12.8 Å². The van der Waals surface area contributed by atoms with Crippen LogP contribution in [0.25, 0.3) is 0 Å². The van der Waals surface area contributed by atoms with Crippen LogP contribution in [0.15, 0.2) is 24.3 Å². The molecule has 2 N–H and O–H groups in total. The van der Waals surface area contributed by atoms with Gasteiger partial charge in [-0.05, 0) is 54.7 Å². The first kappa shape index (κ1) is 13.9. The van der Waals surface area contributed by atoms with E-state index in [1.807, 2.05) is 12.1 Å². The Morgan fingerprint density at radius 1 is 1.33 bits per heavy atom. The molecule has 0 spiro atoms. The third-order valence-electron chi connectivity index (χ3n) is 5.04. The van der Waals surface area contributed by atoms with Crippen molar-refractivity contribution in [2.45, 2.75) is 38.8 Å². The lowest BCUT2D eigenvalue weighted by atomic mass is 9.58. The molecule has 2 bridgehead atoms. The minimum atomic E-state index is -0.0973. The van der Waals surface area contributed by atoms with Crippen LogP contribution in [0.2, 0.25) is 0 Å². The van der Waals surface area contributed by atoms with E-state index in [9.17, 15) is 4.79 Å². The fourth-order valence-electron chi connectivity index (χ4n) is 3.62. The first-order valence-electron chi connectivity index (χ1n) is 7.69. The van der Waals surface area contributed by atoms with Gasteiger partial charge >= 0.3 is 6.03 Å². The number of fused-ring (bicyclic) bond motifs is 2. The summed E-state index contributed by atoms with van der Waals surface area (Å²) in [6.45, 7) is 2.75. The lowest BCUT2D eigenvalue weighted by molar-refractivity contribution is 0.0287. The van der Waals surface area contributed by atoms with Crippen molar-refractivity contribution >= 4 is 6.03 Å². The minimum Gasteiger partial charge on any atom is -0.335 e. The molecular formula is C17H21N3O. The third kappa shape index (κ3) is 3.02. The molecule has 4 nitrogen and oxygen atoms in total. The molecule has 21 heavy (non-hydrogen) atoms. The molecule has 1 aromatic carbocycles. The van der Waals surface area contributed by atoms with E-state index in [4.69, 9.17) is 5.26 Å². The maximum Gasteiger partial charge on any atom is 0.315 e. The van der Waals surface area contributed by atoms with Gasteiger partial charge in [0.25, 0.3) is 0 Å². The summed E-state index contributed by atoms with van der Waals surface area (Å²) in [7, 11) is 0. The Morgan fingerprint density at radius 2 is 2.14 bits per heavy atom. The fraction of sp³-hybridized carbons (Fsp3) is 0.529. The Bertz CT molecular complexity index is 572. The van der Waals surface area contributed by atoms with Crippen LogP contribution in [-0.4, -0.2) is 12.1 Å². The van der Waals surface area contributed by atoms with Crippen LogP contribution in [0.1, 0.15) is 37.3 Å². The standard InChI is InChI=1S/C17H21N3O/c1-11-5-16(15-7-14(11)8-15)20-17(21)19-10-13-4-2-3-12(6-13)9-18/h2-4,6,11,14-16H,5,7-8,10H2,1H3,(H2,19,20,21). The van der Waals surface area contributed by atoms with Crippen LogP contribution in [0, 0.1) is 29.1 Å². The molecule has 4 rings (SSSR count). The molecule has 4 heteroatoms. The average molecular weight is 283 g/mol. The second kappa shape index (κ2) is 5.77. The summed E-state index contributed by atoms with van der Waals surface area (Å²) < 4.78 is 0. The summed E-state index contributed by atoms with van der Waals surface area (Å²) in [6.07, 6.45) is 3.65. The normalized spacial score (nSPS) is 29.9. The van der Waals surface area contributed by atoms with Crippen LogP contribution in [-0.2, 0) is 6.54 Å². The Labute approximate surface area is 125 Å². The molecule has 110 valence electrons. The van der Waals surface area contributed by atoms with Crippen molar-refractivity contribution in [2.24, 2.45) is 17.8 Å². The highest BCUT2D eigenvalue weighted by atomic mass is 16.2. The number of carbonyl (C=O) groups is 1. The fourth-order valence-corrected chi connectivity index (χ4v) is 3.62. The van der Waals surface area contributed by atoms with Gasteiger partial charge in [-0.3, -0.25) is 0 Å². The molecule has 1 aromatic rings. The molecule has 0 heterocycles. The van der Waals surface area contributed by atoms with E-state index in [2.05, 4.69) is 23.6 Å². The summed E-state index contributed by atoms with van der Waals surface area (Å²) in [6, 6.07) is 9.66. The van der Waals surface area contributed by atoms with Gasteiger partial charge in [0.1, 0.15) is 0 Å². The molecule has 3 aliphatic carbocycles. The van der Waals surface area contributed by atoms with E-state index in [0.29, 0.717) is 24.1 Å². The molecule has 0 aliphatic heterocycles. The van der Waals surface area contributed by atoms with Gasteiger partial charge in [-0.25, -0.2) is 4.79 Å². The average Bonchev–Trinajstić information content (AvgIpc) is 2.43. The highest BCUT2D eigenvalue weighted by Gasteiger charge is 2.44. The Morgan fingerprint density at radius 3 is 2.86 bits per heavy atom. The number of amides is 2. The quantitative estimate of drug-likeness (QED) is 0.896. The molecule has 3 saturated carbocycles. The van der Waals surface area contributed by atoms with Crippen LogP contribution in [0.4, 0.5) is 4.79 Å². The van der Waals surface area contributed by atoms with Crippen LogP contribution in [0.5, 0.6) is 0 Å². The van der Waals surface area contributed by atoms with E-state index >= 15 is 0 Å². The second-order valence-corrected chi connectivity index (χ2v) is 6.45. The molecule has 3 aliphatic rings. The van der Waals surface area contributed by atoms with E-state index in [-0.39, 0.29) is 6.03 Å². The zero-order chi connectivity index (χ0) is 14.8. The van der Waals surface area contributed by atoms with Crippen molar-refractivity contribution in [1.82, 2.24) is 10.6 Å². The number of nitrogens with zero attached hydrogens (tertiary/aromatic N) is 1. The summed E-state index contributed by atoms with van der Waals surface area (Å²) in [5, 5.41) is 14.9. The topological polar surface area (TPSA) is 64.9 Å². The molecule has 3 fully saturated rings. The van der Waals surface area contributed by atoms with Gasteiger partial charge in [0.2, 0.25) is 0 Å². The van der Waals surface area contributed by atoms with Gasteiger partial charge in [-0.15, -0.1) is 0 Å². The molecule has 2 atom stereocenters. The maximum absolute atomic E-state index is 12.0. The lowest BCUT2D eigenvalue weighted by Crippen LogP contribution is -2.54. The number of nitriles is 1. The minimum absolute atomic E-state index is 0.0973. The van der Waals surface area contributed by atoms with Crippen molar-refractivity contribution in [3.8, 4) is 6.07 Å². The van der Waals surface area contributed by atoms with Crippen molar-refractivity contribution in [1.29, 1.82) is 5.26 Å². The Hall–Kier alpha value is -2.02. The molecule has 0 aromatic heterocycles. The van der Waals surface area contributed by atoms with Gasteiger partial charge < -0.3 is 10.6 Å². The van der Waals surface area contributed by atoms with Crippen LogP contribution >= 0.6 is 0 Å². The number of nitrogens with one attached hydrogen (secondary N) is 2. The maximum atomic E-state index is 12.0. The summed E-state index contributed by atoms with van der Waals surface area (Å²) in [4.78, 5) is 12.0. The first-order valence-corrected chi connectivity index (χ1v) is 7.69. The zero-order valence-electron chi connectivity index (χ0n) is 12.3. The number of rotatable bonds is 3. The first-order chi connectivity index (χ1) is 10.2. The van der Waals surface area contributed by atoms with Crippen LogP contribution in [0.3, 0.4) is 0 Å². The zero-order valence-corrected chi connectivity index (χ0v) is 12.3. The Balaban J connectivity index is 1.49. The summed E-state index contributed by atoms with van der Waals surface area (Å²) in [5.41, 5.74) is 1.57. The van der Waals surface area contributed by atoms with E-state index < -0.39 is 0 Å². The molecule has 2 amide bonds. The van der Waals surface area contributed by atoms with Gasteiger partial charge in [-0.2, -0.15) is 5.26 Å². The predicted octanol–water partition coefficient (Wildman–Crippen LogP) is 2.79. The molecule has 0 saturated heterocycles. The number of hydrogen-bond donors (Lipinski definition) is 2. The van der Waals surface area contributed by atoms with Crippen molar-refractivity contribution in [3.63, 3.8) is 0 Å². The number of benzene rings is 1. The largest absolute Gasteiger partial charge is 0.335 e. The monoisotopic (exact) mass is 283 g/mol. The van der Waals surface area contributed by atoms with Gasteiger partial charge in [0.15, 0.2) is 0 Å². The van der Waals surface area contributed by atoms with Crippen LogP contribution < -0.4 is 10.6 Å². The van der Waals surface area contributed by atoms with Crippen molar-refractivity contribution in [2.75, 3.05) is 0 Å². The number of urea groups is 1. The Kier molecular flexibility index (Phi) is 3.83. The third-order valence-corrected chi connectivity index (χ3v) is 5.04. The highest BCUT2D eigenvalue weighted by Crippen LogP contribution is 2.48. The van der Waals surface area contributed by atoms with Gasteiger partial charge in [-0.1, -0.05) is 19.1 Å². The predicted molar refractivity (Wildman–Crippen MR) is 80.3 cm³/mol. The van der Waals surface area contributed by atoms with Crippen molar-refractivity contribution < 1.29 is 4.79 Å². The summed E-state index contributed by atoms with van der Waals surface area (Å²) in [5.74, 6) is 2.30. The lowest BCUT2D eigenvalue weighted by Gasteiger charge is -2.50. The van der Waals surface area contributed by atoms with E-state index in [1.54, 1.807) is 12.1 Å². The SMILES string of the molecule is CC1CC(NC(=O)NCc2cccc(C#N)c2)C2CC1C2. The number of hydrogen-bond acceptors (Lipinski definition) is 2. The number of carbonyl (C=O) groups excluding carboxylic acids is 1. The highest BCUT2D eigenvalue weighted by molar-refractivity contribution is 5.74. The smallest absolute Gasteiger partial charge is 0.315 e. The van der Waals surface area contributed by atoms with E-state index in [0.717, 1.165) is 23.8 Å².